The number of nitrogens with one attached hydrogen (secondary N) is 2. The molecule has 3 aromatic rings. The van der Waals surface area contributed by atoms with Gasteiger partial charge in [0, 0.05) is 11.1 Å². The molecule has 0 bridgehead atoms. The fourth-order valence-electron chi connectivity index (χ4n) is 2.63. The Hall–Kier alpha value is -2.81. The Morgan fingerprint density at radius 2 is 1.89 bits per heavy atom. The van der Waals surface area contributed by atoms with E-state index in [-0.39, 0.29) is 28.6 Å². The van der Waals surface area contributed by atoms with Crippen molar-refractivity contribution in [3.63, 3.8) is 0 Å². The Kier molecular flexibility index (Phi) is 4.97. The fourth-order valence-corrected chi connectivity index (χ4v) is 2.86. The number of aromatic nitrogens is 5. The number of aryl methyl sites for hydroxylation is 1. The summed E-state index contributed by atoms with van der Waals surface area (Å²) in [6.07, 6.45) is 0.937. The van der Waals surface area contributed by atoms with E-state index in [0.717, 1.165) is 6.42 Å². The number of H-pyrrole nitrogens is 1. The molecule has 0 saturated carbocycles. The van der Waals surface area contributed by atoms with Crippen LogP contribution in [0.25, 0.3) is 5.78 Å². The Bertz CT molecular complexity index is 1100. The van der Waals surface area contributed by atoms with Crippen LogP contribution in [-0.2, 0) is 23.2 Å². The van der Waals surface area contributed by atoms with Crippen LogP contribution in [0.3, 0.4) is 0 Å². The summed E-state index contributed by atoms with van der Waals surface area (Å²) in [6, 6.07) is 7.65. The normalized spacial score (nSPS) is 11.7. The van der Waals surface area contributed by atoms with Crippen molar-refractivity contribution in [3.8, 4) is 0 Å². The maximum Gasteiger partial charge on any atom is 0.274 e. The Morgan fingerprint density at radius 1 is 1.22 bits per heavy atom. The van der Waals surface area contributed by atoms with Gasteiger partial charge in [-0.2, -0.15) is 9.61 Å². The van der Waals surface area contributed by atoms with Crippen LogP contribution in [0.5, 0.6) is 0 Å². The van der Waals surface area contributed by atoms with Crippen LogP contribution in [0.15, 0.2) is 29.1 Å². The second-order valence-electron chi connectivity index (χ2n) is 7.33. The minimum absolute atomic E-state index is 0.0788. The molecule has 27 heavy (non-hydrogen) atoms. The van der Waals surface area contributed by atoms with Crippen molar-refractivity contribution in [2.24, 2.45) is 0 Å². The van der Waals surface area contributed by atoms with Crippen LogP contribution in [0, 0.1) is 4.77 Å². The number of aromatic amines is 1. The highest BCUT2D eigenvalue weighted by Gasteiger charge is 2.22. The van der Waals surface area contributed by atoms with Crippen molar-refractivity contribution in [2.45, 2.75) is 46.1 Å². The molecule has 1 amide bonds. The van der Waals surface area contributed by atoms with Gasteiger partial charge in [-0.1, -0.05) is 39.8 Å². The van der Waals surface area contributed by atoms with Gasteiger partial charge in [-0.15, -0.1) is 5.10 Å². The third-order valence-corrected chi connectivity index (χ3v) is 4.49. The first-order chi connectivity index (χ1) is 12.7. The number of nitrogens with zero attached hydrogens (tertiary/aromatic N) is 4. The van der Waals surface area contributed by atoms with E-state index in [1.165, 1.54) is 14.8 Å². The third kappa shape index (κ3) is 3.97. The van der Waals surface area contributed by atoms with E-state index >= 15 is 0 Å². The summed E-state index contributed by atoms with van der Waals surface area (Å²) in [7, 11) is 0. The number of hydrogen-bond donors (Lipinski definition) is 2. The van der Waals surface area contributed by atoms with Crippen LogP contribution < -0.4 is 10.9 Å². The number of rotatable bonds is 4. The highest BCUT2D eigenvalue weighted by molar-refractivity contribution is 7.71. The van der Waals surface area contributed by atoms with Crippen LogP contribution in [0.2, 0.25) is 0 Å². The molecule has 9 heteroatoms. The number of carbonyl (C=O) groups excluding carboxylic acids is 1. The summed E-state index contributed by atoms with van der Waals surface area (Å²) in [6.45, 7) is 7.66. The van der Waals surface area contributed by atoms with Crippen LogP contribution in [-0.4, -0.2) is 30.3 Å². The van der Waals surface area contributed by atoms with Crippen LogP contribution >= 0.6 is 12.2 Å². The molecule has 0 aliphatic rings. The second kappa shape index (κ2) is 7.07. The molecule has 0 saturated heterocycles. The van der Waals surface area contributed by atoms with Gasteiger partial charge in [0.25, 0.3) is 11.3 Å². The molecule has 3 rings (SSSR count). The lowest BCUT2D eigenvalue weighted by molar-refractivity contribution is -0.116. The summed E-state index contributed by atoms with van der Waals surface area (Å²) in [5.74, 6) is -0.0600. The molecule has 0 aliphatic carbocycles. The van der Waals surface area contributed by atoms with Crippen molar-refractivity contribution in [1.82, 2.24) is 24.4 Å². The molecule has 1 aromatic carbocycles. The zero-order valence-corrected chi connectivity index (χ0v) is 16.6. The van der Waals surface area contributed by atoms with Gasteiger partial charge in [-0.25, -0.2) is 4.68 Å². The Balaban J connectivity index is 1.86. The molecule has 8 nitrogen and oxygen atoms in total. The number of benzene rings is 1. The molecular weight excluding hydrogens is 364 g/mol. The molecule has 0 spiro atoms. The van der Waals surface area contributed by atoms with Gasteiger partial charge in [0.15, 0.2) is 0 Å². The lowest BCUT2D eigenvalue weighted by Crippen LogP contribution is -2.28. The predicted octanol–water partition coefficient (Wildman–Crippen LogP) is 2.45. The van der Waals surface area contributed by atoms with E-state index in [2.05, 4.69) is 27.4 Å². The molecule has 0 radical (unpaired) electrons. The van der Waals surface area contributed by atoms with E-state index in [1.807, 2.05) is 45.0 Å². The zero-order chi connectivity index (χ0) is 19.8. The monoisotopic (exact) mass is 386 g/mol. The summed E-state index contributed by atoms with van der Waals surface area (Å²) >= 11 is 5.37. The van der Waals surface area contributed by atoms with E-state index in [0.29, 0.717) is 11.4 Å². The average Bonchev–Trinajstić information content (AvgIpc) is 2.88. The first kappa shape index (κ1) is 19.0. The maximum atomic E-state index is 12.3. The first-order valence-corrected chi connectivity index (χ1v) is 9.09. The smallest absolute Gasteiger partial charge is 0.274 e. The molecule has 0 fully saturated rings. The van der Waals surface area contributed by atoms with Gasteiger partial charge in [0.2, 0.25) is 10.7 Å². The van der Waals surface area contributed by atoms with Gasteiger partial charge in [0.1, 0.15) is 12.2 Å². The van der Waals surface area contributed by atoms with Gasteiger partial charge in [0.05, 0.1) is 0 Å². The molecular formula is C18H22N6O2S. The summed E-state index contributed by atoms with van der Waals surface area (Å²) in [4.78, 5) is 27.2. The van der Waals surface area contributed by atoms with Gasteiger partial charge < -0.3 is 5.32 Å². The number of amides is 1. The molecule has 2 aromatic heterocycles. The lowest BCUT2D eigenvalue weighted by atomic mass is 9.93. The van der Waals surface area contributed by atoms with Gasteiger partial charge in [-0.05, 0) is 36.3 Å². The molecule has 0 atom stereocenters. The molecule has 2 heterocycles. The Morgan fingerprint density at radius 3 is 2.48 bits per heavy atom. The van der Waals surface area contributed by atoms with Crippen molar-refractivity contribution in [3.05, 3.63) is 50.6 Å². The molecule has 0 unspecified atom stereocenters. The van der Waals surface area contributed by atoms with Crippen molar-refractivity contribution < 1.29 is 4.79 Å². The van der Waals surface area contributed by atoms with Crippen LogP contribution in [0.1, 0.15) is 39.0 Å². The summed E-state index contributed by atoms with van der Waals surface area (Å²) in [5, 5.41) is 11.3. The molecule has 2 N–H and O–H groups in total. The van der Waals surface area contributed by atoms with Crippen molar-refractivity contribution in [1.29, 1.82) is 0 Å². The number of hydrogen-bond acceptors (Lipinski definition) is 5. The van der Waals surface area contributed by atoms with E-state index in [4.69, 9.17) is 12.2 Å². The number of anilines is 1. The second-order valence-corrected chi connectivity index (χ2v) is 7.69. The quantitative estimate of drug-likeness (QED) is 0.671. The van der Waals surface area contributed by atoms with Crippen molar-refractivity contribution in [2.75, 3.05) is 5.32 Å². The van der Waals surface area contributed by atoms with E-state index in [9.17, 15) is 9.59 Å². The van der Waals surface area contributed by atoms with Gasteiger partial charge in [-0.3, -0.25) is 14.6 Å². The number of carbonyl (C=O) groups is 1. The SMILES string of the molecule is CCc1ccc(NC(=O)Cn2nc3[nH]c(=O)c(C(C)(C)C)nn3c2=S)cc1. The summed E-state index contributed by atoms with van der Waals surface area (Å²) in [5.41, 5.74) is 1.49. The van der Waals surface area contributed by atoms with Crippen LogP contribution in [0.4, 0.5) is 5.69 Å². The lowest BCUT2D eigenvalue weighted by Gasteiger charge is -2.15. The highest BCUT2D eigenvalue weighted by Crippen LogP contribution is 2.16. The molecule has 142 valence electrons. The zero-order valence-electron chi connectivity index (χ0n) is 15.7. The largest absolute Gasteiger partial charge is 0.324 e. The third-order valence-electron chi connectivity index (χ3n) is 4.11. The highest BCUT2D eigenvalue weighted by atomic mass is 32.1. The maximum absolute atomic E-state index is 12.3. The minimum atomic E-state index is -0.444. The van der Waals surface area contributed by atoms with Crippen molar-refractivity contribution >= 4 is 29.6 Å². The number of fused-ring (bicyclic) bond motifs is 1. The first-order valence-electron chi connectivity index (χ1n) is 8.68. The van der Waals surface area contributed by atoms with Gasteiger partial charge >= 0.3 is 0 Å². The average molecular weight is 386 g/mol. The standard InChI is InChI=1S/C18H22N6O2S/c1-5-11-6-8-12(9-7-11)19-13(25)10-23-17(27)24-16(22-23)20-15(26)14(21-24)18(2,3)4/h6-9H,5,10H2,1-4H3,(H,19,25)(H,20,22,26). The minimum Gasteiger partial charge on any atom is -0.324 e. The van der Waals surface area contributed by atoms with E-state index in [1.54, 1.807) is 0 Å². The predicted molar refractivity (Wildman–Crippen MR) is 106 cm³/mol. The fraction of sp³-hybridized carbons (Fsp3) is 0.389. The Labute approximate surface area is 161 Å². The summed E-state index contributed by atoms with van der Waals surface area (Å²) < 4.78 is 2.96. The topological polar surface area (TPSA) is 97.1 Å². The van der Waals surface area contributed by atoms with E-state index < -0.39 is 5.41 Å². The molecule has 0 aliphatic heterocycles.